The lowest BCUT2D eigenvalue weighted by atomic mass is 9.82. The van der Waals surface area contributed by atoms with Gasteiger partial charge < -0.3 is 4.79 Å². The van der Waals surface area contributed by atoms with Crippen molar-refractivity contribution in [3.8, 4) is 6.07 Å². The molecular weight excluding hydrogens is 138 g/mol. The van der Waals surface area contributed by atoms with Gasteiger partial charge >= 0.3 is 0 Å². The number of fused-ring (bicyclic) bond motifs is 2. The Morgan fingerprint density at radius 3 is 2.73 bits per heavy atom. The van der Waals surface area contributed by atoms with E-state index in [1.54, 1.807) is 0 Å². The van der Waals surface area contributed by atoms with E-state index >= 15 is 0 Å². The van der Waals surface area contributed by atoms with Crippen LogP contribution < -0.4 is 0 Å². The van der Waals surface area contributed by atoms with Crippen LogP contribution in [0.2, 0.25) is 0 Å². The van der Waals surface area contributed by atoms with E-state index in [4.69, 9.17) is 5.26 Å². The second kappa shape index (κ2) is 2.34. The van der Waals surface area contributed by atoms with Gasteiger partial charge in [0.25, 0.3) is 0 Å². The predicted octanol–water partition coefficient (Wildman–Crippen LogP) is 1.37. The molecule has 0 aliphatic heterocycles. The van der Waals surface area contributed by atoms with Gasteiger partial charge in [0.15, 0.2) is 0 Å². The molecule has 0 unspecified atom stereocenters. The second-order valence-electron chi connectivity index (χ2n) is 3.77. The third-order valence-electron chi connectivity index (χ3n) is 3.21. The lowest BCUT2D eigenvalue weighted by Crippen LogP contribution is -2.19. The number of carbonyl (C=O) groups excluding carboxylic acids is 1. The lowest BCUT2D eigenvalue weighted by Gasteiger charge is -2.19. The van der Waals surface area contributed by atoms with Crippen LogP contribution in [0, 0.1) is 35.0 Å². The molecule has 11 heavy (non-hydrogen) atoms. The van der Waals surface area contributed by atoms with E-state index in [2.05, 4.69) is 6.07 Å². The van der Waals surface area contributed by atoms with Gasteiger partial charge in [-0.2, -0.15) is 5.26 Å². The van der Waals surface area contributed by atoms with E-state index < -0.39 is 0 Å². The molecule has 0 amide bonds. The second-order valence-corrected chi connectivity index (χ2v) is 3.77. The number of hydrogen-bond donors (Lipinski definition) is 0. The number of nitriles is 1. The van der Waals surface area contributed by atoms with Crippen molar-refractivity contribution in [1.29, 1.82) is 5.26 Å². The first kappa shape index (κ1) is 6.84. The molecule has 0 heterocycles. The zero-order valence-electron chi connectivity index (χ0n) is 6.36. The average molecular weight is 149 g/mol. The maximum atomic E-state index is 10.5. The fourth-order valence-electron chi connectivity index (χ4n) is 2.71. The summed E-state index contributed by atoms with van der Waals surface area (Å²) < 4.78 is 0. The number of aldehydes is 1. The highest BCUT2D eigenvalue weighted by atomic mass is 16.1. The van der Waals surface area contributed by atoms with E-state index in [1.807, 2.05) is 0 Å². The number of hydrogen-bond acceptors (Lipinski definition) is 2. The summed E-state index contributed by atoms with van der Waals surface area (Å²) in [6.07, 6.45) is 4.27. The first-order chi connectivity index (χ1) is 5.35. The topological polar surface area (TPSA) is 40.9 Å². The molecule has 2 aliphatic carbocycles. The van der Waals surface area contributed by atoms with Crippen LogP contribution in [0.1, 0.15) is 19.3 Å². The molecule has 0 aromatic carbocycles. The standard InChI is InChI=1S/C9H11NO/c10-4-7-1-6-2-8(5-11)9(7)3-6/h5-9H,1-3H2/t6-,7+,8+,9-/m0/s1. The zero-order valence-corrected chi connectivity index (χ0v) is 6.36. The van der Waals surface area contributed by atoms with Crippen LogP contribution in [0.15, 0.2) is 0 Å². The van der Waals surface area contributed by atoms with Gasteiger partial charge in [-0.3, -0.25) is 0 Å². The molecular formula is C9H11NO. The van der Waals surface area contributed by atoms with Gasteiger partial charge in [-0.1, -0.05) is 0 Å². The molecule has 0 radical (unpaired) electrons. The van der Waals surface area contributed by atoms with Crippen LogP contribution in [0.4, 0.5) is 0 Å². The summed E-state index contributed by atoms with van der Waals surface area (Å²) in [7, 11) is 0. The fourth-order valence-corrected chi connectivity index (χ4v) is 2.71. The molecule has 0 N–H and O–H groups in total. The SMILES string of the molecule is N#C[C@H]1C[C@@H]2C[C@@H]1[C@@H](C=O)C2. The molecule has 58 valence electrons. The summed E-state index contributed by atoms with van der Waals surface area (Å²) in [5.41, 5.74) is 0. The predicted molar refractivity (Wildman–Crippen MR) is 39.5 cm³/mol. The molecule has 2 fully saturated rings. The smallest absolute Gasteiger partial charge is 0.123 e. The van der Waals surface area contributed by atoms with Gasteiger partial charge in [-0.15, -0.1) is 0 Å². The summed E-state index contributed by atoms with van der Waals surface area (Å²) in [6.45, 7) is 0. The van der Waals surface area contributed by atoms with Crippen molar-refractivity contribution in [1.82, 2.24) is 0 Å². The fraction of sp³-hybridized carbons (Fsp3) is 0.778. The Balaban J connectivity index is 2.15. The zero-order chi connectivity index (χ0) is 7.84. The molecule has 0 aromatic heterocycles. The van der Waals surface area contributed by atoms with Crippen LogP contribution in [0.25, 0.3) is 0 Å². The van der Waals surface area contributed by atoms with Crippen molar-refractivity contribution < 1.29 is 4.79 Å². The Hall–Kier alpha value is -0.840. The quantitative estimate of drug-likeness (QED) is 0.528. The lowest BCUT2D eigenvalue weighted by molar-refractivity contribution is -0.112. The van der Waals surface area contributed by atoms with Crippen LogP contribution in [0.3, 0.4) is 0 Å². The average Bonchev–Trinajstić information content (AvgIpc) is 2.60. The summed E-state index contributed by atoms with van der Waals surface area (Å²) >= 11 is 0. The van der Waals surface area contributed by atoms with Crippen LogP contribution in [0.5, 0.6) is 0 Å². The normalized spacial score (nSPS) is 47.2. The molecule has 0 aromatic rings. The van der Waals surface area contributed by atoms with Gasteiger partial charge in [0, 0.05) is 5.92 Å². The van der Waals surface area contributed by atoms with E-state index in [1.165, 1.54) is 0 Å². The van der Waals surface area contributed by atoms with Crippen LogP contribution in [-0.2, 0) is 4.79 Å². The molecule has 4 atom stereocenters. The van der Waals surface area contributed by atoms with E-state index in [9.17, 15) is 4.79 Å². The maximum absolute atomic E-state index is 10.5. The monoisotopic (exact) mass is 149 g/mol. The number of rotatable bonds is 1. The third kappa shape index (κ3) is 0.875. The van der Waals surface area contributed by atoms with Gasteiger partial charge in [0.1, 0.15) is 6.29 Å². The van der Waals surface area contributed by atoms with Crippen molar-refractivity contribution in [2.24, 2.45) is 23.7 Å². The van der Waals surface area contributed by atoms with E-state index in [-0.39, 0.29) is 11.8 Å². The minimum Gasteiger partial charge on any atom is -0.303 e. The third-order valence-corrected chi connectivity index (χ3v) is 3.21. The molecule has 2 aliphatic rings. The Labute approximate surface area is 66.2 Å². The Bertz CT molecular complexity index is 218. The van der Waals surface area contributed by atoms with Gasteiger partial charge in [0.05, 0.1) is 12.0 Å². The van der Waals surface area contributed by atoms with Gasteiger partial charge in [0.2, 0.25) is 0 Å². The molecule has 2 heteroatoms. The van der Waals surface area contributed by atoms with Gasteiger partial charge in [-0.25, -0.2) is 0 Å². The highest BCUT2D eigenvalue weighted by molar-refractivity contribution is 5.55. The molecule has 2 nitrogen and oxygen atoms in total. The number of nitrogens with zero attached hydrogens (tertiary/aromatic N) is 1. The van der Waals surface area contributed by atoms with Crippen molar-refractivity contribution in [2.45, 2.75) is 19.3 Å². The first-order valence-electron chi connectivity index (χ1n) is 4.20. The summed E-state index contributed by atoms with van der Waals surface area (Å²) in [5, 5.41) is 8.74. The molecule has 2 saturated carbocycles. The summed E-state index contributed by atoms with van der Waals surface area (Å²) in [6, 6.07) is 2.30. The Kier molecular flexibility index (Phi) is 1.45. The summed E-state index contributed by atoms with van der Waals surface area (Å²) in [4.78, 5) is 10.5. The largest absolute Gasteiger partial charge is 0.303 e. The number of carbonyl (C=O) groups is 1. The first-order valence-corrected chi connectivity index (χ1v) is 4.20. The Morgan fingerprint density at radius 1 is 1.36 bits per heavy atom. The molecule has 2 rings (SSSR count). The molecule has 0 spiro atoms. The van der Waals surface area contributed by atoms with Crippen molar-refractivity contribution in [3.63, 3.8) is 0 Å². The molecule has 0 saturated heterocycles. The van der Waals surface area contributed by atoms with Crippen LogP contribution >= 0.6 is 0 Å². The molecule has 2 bridgehead atoms. The summed E-state index contributed by atoms with van der Waals surface area (Å²) in [5.74, 6) is 1.48. The van der Waals surface area contributed by atoms with Crippen molar-refractivity contribution in [3.05, 3.63) is 0 Å². The van der Waals surface area contributed by atoms with Crippen molar-refractivity contribution in [2.75, 3.05) is 0 Å². The highest BCUT2D eigenvalue weighted by Gasteiger charge is 2.45. The minimum absolute atomic E-state index is 0.184. The van der Waals surface area contributed by atoms with Crippen molar-refractivity contribution >= 4 is 6.29 Å². The van der Waals surface area contributed by atoms with E-state index in [0.29, 0.717) is 11.8 Å². The Morgan fingerprint density at radius 2 is 2.18 bits per heavy atom. The van der Waals surface area contributed by atoms with Crippen LogP contribution in [-0.4, -0.2) is 6.29 Å². The highest BCUT2D eigenvalue weighted by Crippen LogP contribution is 2.50. The minimum atomic E-state index is 0.184. The van der Waals surface area contributed by atoms with E-state index in [0.717, 1.165) is 25.5 Å². The van der Waals surface area contributed by atoms with Gasteiger partial charge in [-0.05, 0) is 31.1 Å². The maximum Gasteiger partial charge on any atom is 0.123 e.